The molecule has 0 aromatic heterocycles. The van der Waals surface area contributed by atoms with E-state index in [1.807, 2.05) is 12.1 Å². The fourth-order valence-electron chi connectivity index (χ4n) is 2.84. The maximum absolute atomic E-state index is 12.9. The molecular formula is C19H22BrNO5. The van der Waals surface area contributed by atoms with Gasteiger partial charge in [0, 0.05) is 36.0 Å². The summed E-state index contributed by atoms with van der Waals surface area (Å²) in [7, 11) is 4.47. The van der Waals surface area contributed by atoms with E-state index >= 15 is 0 Å². The number of esters is 1. The molecule has 2 rings (SSSR count). The van der Waals surface area contributed by atoms with E-state index in [1.54, 1.807) is 38.2 Å². The molecule has 1 heterocycles. The third-order valence-electron chi connectivity index (χ3n) is 4.12. The predicted octanol–water partition coefficient (Wildman–Crippen LogP) is 3.17. The first-order valence-corrected chi connectivity index (χ1v) is 8.89. The predicted molar refractivity (Wildman–Crippen MR) is 102 cm³/mol. The third-order valence-corrected chi connectivity index (χ3v) is 4.62. The first kappa shape index (κ1) is 20.2. The largest absolute Gasteiger partial charge is 0.496 e. The normalized spacial score (nSPS) is 15.8. The minimum absolute atomic E-state index is 0.235. The molecule has 1 aliphatic heterocycles. The van der Waals surface area contributed by atoms with Gasteiger partial charge in [-0.25, -0.2) is 4.79 Å². The highest BCUT2D eigenvalue weighted by Gasteiger charge is 2.36. The Hall–Kier alpha value is -2.12. The number of methoxy groups -OCH3 is 3. The molecule has 7 heteroatoms. The Morgan fingerprint density at radius 1 is 1.27 bits per heavy atom. The molecule has 1 aromatic carbocycles. The van der Waals surface area contributed by atoms with Gasteiger partial charge in [-0.3, -0.25) is 4.79 Å². The Bertz CT molecular complexity index is 769. The molecule has 0 N–H and O–H groups in total. The highest BCUT2D eigenvalue weighted by atomic mass is 79.9. The molecule has 140 valence electrons. The molecule has 0 atom stereocenters. The lowest BCUT2D eigenvalue weighted by Gasteiger charge is -2.17. The molecule has 6 nitrogen and oxygen atoms in total. The minimum atomic E-state index is -0.537. The van der Waals surface area contributed by atoms with Gasteiger partial charge in [0.25, 0.3) is 5.91 Å². The molecule has 1 aliphatic rings. The zero-order chi connectivity index (χ0) is 19.3. The quantitative estimate of drug-likeness (QED) is 0.382. The number of carbonyl (C=O) groups excluding carboxylic acids is 2. The molecule has 0 bridgehead atoms. The fourth-order valence-corrected chi connectivity index (χ4v) is 3.22. The van der Waals surface area contributed by atoms with Crippen molar-refractivity contribution < 1.29 is 23.8 Å². The summed E-state index contributed by atoms with van der Waals surface area (Å²) in [4.78, 5) is 26.8. The smallest absolute Gasteiger partial charge is 0.340 e. The second kappa shape index (κ2) is 9.00. The Morgan fingerprint density at radius 3 is 2.62 bits per heavy atom. The first-order chi connectivity index (χ1) is 12.4. The highest BCUT2D eigenvalue weighted by molar-refractivity contribution is 9.10. The summed E-state index contributed by atoms with van der Waals surface area (Å²) in [5.74, 6) is -0.167. The number of amides is 1. The summed E-state index contributed by atoms with van der Waals surface area (Å²) in [6.45, 7) is 2.74. The second-order valence-electron chi connectivity index (χ2n) is 5.70. The highest BCUT2D eigenvalue weighted by Crippen LogP contribution is 2.34. The van der Waals surface area contributed by atoms with Gasteiger partial charge >= 0.3 is 5.97 Å². The van der Waals surface area contributed by atoms with Crippen LogP contribution in [0.15, 0.2) is 39.5 Å². The molecule has 0 radical (unpaired) electrons. The topological polar surface area (TPSA) is 65.1 Å². The fraction of sp³-hybridized carbons (Fsp3) is 0.368. The van der Waals surface area contributed by atoms with E-state index < -0.39 is 5.97 Å². The summed E-state index contributed by atoms with van der Waals surface area (Å²) in [6.07, 6.45) is 2.33. The monoisotopic (exact) mass is 423 g/mol. The maximum Gasteiger partial charge on any atom is 0.340 e. The van der Waals surface area contributed by atoms with Gasteiger partial charge in [-0.1, -0.05) is 15.9 Å². The summed E-state index contributed by atoms with van der Waals surface area (Å²) in [5, 5.41) is 0. The standard InChI is InChI=1S/C19H22BrNO5/c1-12-17(19(23)26-4)15(18(22)21(12)8-5-9-24-2)11-13-10-14(20)6-7-16(13)25-3/h6-7,10-11H,5,8-9H2,1-4H3/b15-11-. The van der Waals surface area contributed by atoms with Crippen molar-refractivity contribution in [2.24, 2.45) is 0 Å². The van der Waals surface area contributed by atoms with Crippen molar-refractivity contribution in [3.05, 3.63) is 45.1 Å². The van der Waals surface area contributed by atoms with E-state index in [2.05, 4.69) is 15.9 Å². The van der Waals surface area contributed by atoms with Crippen LogP contribution in [0, 0.1) is 0 Å². The van der Waals surface area contributed by atoms with Crippen LogP contribution in [-0.4, -0.2) is 51.3 Å². The van der Waals surface area contributed by atoms with E-state index in [4.69, 9.17) is 14.2 Å². The van der Waals surface area contributed by atoms with Gasteiger partial charge in [-0.2, -0.15) is 0 Å². The number of benzene rings is 1. The van der Waals surface area contributed by atoms with Crippen LogP contribution < -0.4 is 4.74 Å². The molecule has 1 amide bonds. The van der Waals surface area contributed by atoms with E-state index in [-0.39, 0.29) is 11.5 Å². The van der Waals surface area contributed by atoms with Gasteiger partial charge < -0.3 is 19.1 Å². The molecule has 0 saturated heterocycles. The van der Waals surface area contributed by atoms with Crippen LogP contribution in [0.3, 0.4) is 0 Å². The Kier molecular flexibility index (Phi) is 6.99. The molecule has 0 unspecified atom stereocenters. The van der Waals surface area contributed by atoms with E-state index in [9.17, 15) is 9.59 Å². The zero-order valence-electron chi connectivity index (χ0n) is 15.3. The van der Waals surface area contributed by atoms with E-state index in [0.29, 0.717) is 42.2 Å². The number of halogens is 1. The summed E-state index contributed by atoms with van der Waals surface area (Å²) in [5.41, 5.74) is 1.84. The Balaban J connectivity index is 2.50. The minimum Gasteiger partial charge on any atom is -0.496 e. The molecule has 0 fully saturated rings. The average Bonchev–Trinajstić information content (AvgIpc) is 2.86. The van der Waals surface area contributed by atoms with Crippen LogP contribution in [0.25, 0.3) is 6.08 Å². The molecule has 26 heavy (non-hydrogen) atoms. The lowest BCUT2D eigenvalue weighted by molar-refractivity contribution is -0.136. The molecular weight excluding hydrogens is 402 g/mol. The van der Waals surface area contributed by atoms with Gasteiger partial charge in [0.1, 0.15) is 5.75 Å². The first-order valence-electron chi connectivity index (χ1n) is 8.10. The maximum atomic E-state index is 12.9. The Morgan fingerprint density at radius 2 is 2.00 bits per heavy atom. The van der Waals surface area contributed by atoms with Crippen LogP contribution in [-0.2, 0) is 19.1 Å². The van der Waals surface area contributed by atoms with Crippen LogP contribution >= 0.6 is 15.9 Å². The van der Waals surface area contributed by atoms with Gasteiger partial charge in [0.15, 0.2) is 0 Å². The summed E-state index contributed by atoms with van der Waals surface area (Å²) >= 11 is 3.42. The van der Waals surface area contributed by atoms with Crippen LogP contribution in [0.4, 0.5) is 0 Å². The number of hydrogen-bond donors (Lipinski definition) is 0. The lowest BCUT2D eigenvalue weighted by Crippen LogP contribution is -2.26. The number of nitrogens with zero attached hydrogens (tertiary/aromatic N) is 1. The molecule has 0 aliphatic carbocycles. The number of hydrogen-bond acceptors (Lipinski definition) is 5. The summed E-state index contributed by atoms with van der Waals surface area (Å²) in [6, 6.07) is 5.47. The average molecular weight is 424 g/mol. The van der Waals surface area contributed by atoms with Crippen molar-refractivity contribution in [2.45, 2.75) is 13.3 Å². The van der Waals surface area contributed by atoms with Crippen LogP contribution in [0.5, 0.6) is 5.75 Å². The van der Waals surface area contributed by atoms with Crippen molar-refractivity contribution >= 4 is 33.9 Å². The number of allylic oxidation sites excluding steroid dienone is 1. The Labute approximate surface area is 161 Å². The van der Waals surface area contributed by atoms with Crippen LogP contribution in [0.1, 0.15) is 18.9 Å². The third kappa shape index (κ3) is 4.16. The molecule has 0 spiro atoms. The summed E-state index contributed by atoms with van der Waals surface area (Å²) < 4.78 is 16.1. The molecule has 0 saturated carbocycles. The van der Waals surface area contributed by atoms with Crippen LogP contribution in [0.2, 0.25) is 0 Å². The number of carbonyl (C=O) groups is 2. The van der Waals surface area contributed by atoms with E-state index in [0.717, 1.165) is 4.47 Å². The van der Waals surface area contributed by atoms with Gasteiger partial charge in [-0.05, 0) is 37.6 Å². The lowest BCUT2D eigenvalue weighted by atomic mass is 10.0. The van der Waals surface area contributed by atoms with Crippen molar-refractivity contribution in [3.8, 4) is 5.75 Å². The van der Waals surface area contributed by atoms with Gasteiger partial charge in [-0.15, -0.1) is 0 Å². The SMILES string of the molecule is COCCCN1C(=O)/C(=C\c2cc(Br)ccc2OC)C(C(=O)OC)=C1C. The van der Waals surface area contributed by atoms with Gasteiger partial charge in [0.05, 0.1) is 25.4 Å². The van der Waals surface area contributed by atoms with E-state index in [1.165, 1.54) is 7.11 Å². The zero-order valence-corrected chi connectivity index (χ0v) is 16.9. The van der Waals surface area contributed by atoms with Crippen molar-refractivity contribution in [1.29, 1.82) is 0 Å². The van der Waals surface area contributed by atoms with Gasteiger partial charge in [0.2, 0.25) is 0 Å². The number of ether oxygens (including phenoxy) is 3. The van der Waals surface area contributed by atoms with Crippen molar-refractivity contribution in [3.63, 3.8) is 0 Å². The molecule has 1 aromatic rings. The van der Waals surface area contributed by atoms with Crippen molar-refractivity contribution in [1.82, 2.24) is 4.90 Å². The second-order valence-corrected chi connectivity index (χ2v) is 6.62. The number of rotatable bonds is 7. The van der Waals surface area contributed by atoms with Crippen molar-refractivity contribution in [2.75, 3.05) is 34.5 Å².